The Kier molecular flexibility index (Phi) is 9.59. The largest absolute Gasteiger partial charge is 0.504 e. The standard InChI is InChI=1S/C59H41NO15/c1-59(2)35-15-5-3-13-30(35)34-23-29(22-32(44(34)59)24-17-18-37-33(21-24)31-14-4-6-16-36(31)75-37)60(27-11-7-9-25(19-27)38-40-42(49(65)53(69)45(38)61)51(67)57(73)55(71)47(40)63)28-12-8-10-26(20-28)39-41-43(50(66)54(70)46(39)62)52(68)58(74)56(72)48(41)64/h3-23,61-74H,1-2H3. The van der Waals surface area contributed by atoms with Crippen molar-refractivity contribution in [2.45, 2.75) is 19.3 Å². The Bertz CT molecular complexity index is 4170. The molecule has 1 heterocycles. The summed E-state index contributed by atoms with van der Waals surface area (Å²) in [6, 6.07) is 38.1. The monoisotopic (exact) mass is 1000 g/mol. The van der Waals surface area contributed by atoms with Crippen LogP contribution >= 0.6 is 0 Å². The van der Waals surface area contributed by atoms with Crippen LogP contribution in [0.25, 0.3) is 88.0 Å². The van der Waals surface area contributed by atoms with E-state index >= 15 is 0 Å². The molecule has 1 aliphatic rings. The lowest BCUT2D eigenvalue weighted by atomic mass is 9.78. The number of rotatable bonds is 6. The van der Waals surface area contributed by atoms with E-state index in [1.165, 1.54) is 24.3 Å². The van der Waals surface area contributed by atoms with E-state index in [4.69, 9.17) is 4.42 Å². The molecule has 16 nitrogen and oxygen atoms in total. The molecule has 0 saturated heterocycles. The van der Waals surface area contributed by atoms with E-state index < -0.39 is 107 Å². The minimum atomic E-state index is -1.21. The minimum absolute atomic E-state index is 0.0270. The van der Waals surface area contributed by atoms with Gasteiger partial charge in [-0.25, -0.2) is 0 Å². The second kappa shape index (κ2) is 15.8. The summed E-state index contributed by atoms with van der Waals surface area (Å²) in [6.45, 7) is 4.28. The summed E-state index contributed by atoms with van der Waals surface area (Å²) in [5, 5.41) is 154. The highest BCUT2D eigenvalue weighted by atomic mass is 16.4. The molecule has 12 rings (SSSR count). The van der Waals surface area contributed by atoms with Crippen molar-refractivity contribution in [3.63, 3.8) is 0 Å². The fourth-order valence-electron chi connectivity index (χ4n) is 11.0. The second-order valence-corrected chi connectivity index (χ2v) is 19.0. The molecule has 11 aromatic rings. The number of phenolic OH excluding ortho intramolecular Hbond substituents is 14. The van der Waals surface area contributed by atoms with Crippen LogP contribution in [0.5, 0.6) is 80.5 Å². The number of anilines is 3. The molecule has 0 saturated carbocycles. The molecule has 14 N–H and O–H groups in total. The van der Waals surface area contributed by atoms with E-state index in [9.17, 15) is 71.5 Å². The highest BCUT2D eigenvalue weighted by Crippen LogP contribution is 2.62. The average Bonchev–Trinajstić information content (AvgIpc) is 3.91. The Morgan fingerprint density at radius 2 is 0.787 bits per heavy atom. The van der Waals surface area contributed by atoms with Gasteiger partial charge >= 0.3 is 0 Å². The molecule has 10 aromatic carbocycles. The van der Waals surface area contributed by atoms with Crippen LogP contribution in [0.3, 0.4) is 0 Å². The third-order valence-corrected chi connectivity index (χ3v) is 14.5. The first-order chi connectivity index (χ1) is 35.8. The maximum Gasteiger partial charge on any atom is 0.205 e. The molecule has 372 valence electrons. The molecule has 16 heteroatoms. The molecular formula is C59H41NO15. The fraction of sp³-hybridized carbons (Fsp3) is 0.0508. The summed E-state index contributed by atoms with van der Waals surface area (Å²) in [4.78, 5) is 1.76. The van der Waals surface area contributed by atoms with E-state index in [2.05, 4.69) is 26.0 Å². The van der Waals surface area contributed by atoms with Gasteiger partial charge in [0.05, 0.1) is 10.8 Å². The van der Waals surface area contributed by atoms with Crippen molar-refractivity contribution in [3.8, 4) is 125 Å². The van der Waals surface area contributed by atoms with Gasteiger partial charge in [-0.3, -0.25) is 0 Å². The average molecular weight is 1000 g/mol. The SMILES string of the molecule is CC1(C)c2ccccc2-c2cc(N(c3cccc(-c4c(O)c(O)c(O)c5c(O)c(O)c(O)c(O)c45)c3)c3cccc(-c4c(O)c(O)c(O)c5c(O)c(O)c(O)c(O)c45)c3)cc(-c3ccc4oc5ccccc5c4c3)c21. The summed E-state index contributed by atoms with van der Waals surface area (Å²) in [6.07, 6.45) is 0. The zero-order valence-electron chi connectivity index (χ0n) is 39.2. The van der Waals surface area contributed by atoms with Crippen molar-refractivity contribution in [1.82, 2.24) is 0 Å². The minimum Gasteiger partial charge on any atom is -0.504 e. The summed E-state index contributed by atoms with van der Waals surface area (Å²) < 4.78 is 6.24. The third-order valence-electron chi connectivity index (χ3n) is 14.5. The van der Waals surface area contributed by atoms with Gasteiger partial charge in [0.1, 0.15) is 11.2 Å². The van der Waals surface area contributed by atoms with Crippen molar-refractivity contribution in [1.29, 1.82) is 0 Å². The Morgan fingerprint density at radius 1 is 0.333 bits per heavy atom. The Balaban J connectivity index is 1.18. The van der Waals surface area contributed by atoms with E-state index in [-0.39, 0.29) is 33.6 Å². The van der Waals surface area contributed by atoms with Gasteiger partial charge in [0.15, 0.2) is 46.0 Å². The quantitative estimate of drug-likeness (QED) is 0.0544. The predicted octanol–water partition coefficient (Wildman–Crippen LogP) is 12.5. The fourth-order valence-corrected chi connectivity index (χ4v) is 11.0. The molecule has 75 heavy (non-hydrogen) atoms. The van der Waals surface area contributed by atoms with E-state index in [1.807, 2.05) is 66.7 Å². The number of para-hydroxylation sites is 1. The summed E-state index contributed by atoms with van der Waals surface area (Å²) >= 11 is 0. The van der Waals surface area contributed by atoms with Crippen LogP contribution in [0.1, 0.15) is 25.0 Å². The Morgan fingerprint density at radius 3 is 1.33 bits per heavy atom. The van der Waals surface area contributed by atoms with Gasteiger partial charge < -0.3 is 80.8 Å². The third kappa shape index (κ3) is 6.22. The Hall–Kier alpha value is -10.5. The number of nitrogens with zero attached hydrogens (tertiary/aromatic N) is 1. The first-order valence-corrected chi connectivity index (χ1v) is 23.1. The van der Waals surface area contributed by atoms with Crippen LogP contribution in [-0.4, -0.2) is 71.5 Å². The molecule has 0 atom stereocenters. The number of hydrogen-bond donors (Lipinski definition) is 14. The zero-order valence-corrected chi connectivity index (χ0v) is 39.2. The van der Waals surface area contributed by atoms with Gasteiger partial charge in [0, 0.05) is 55.1 Å². The molecule has 0 spiro atoms. The van der Waals surface area contributed by atoms with Gasteiger partial charge in [-0.2, -0.15) is 0 Å². The Labute approximate surface area is 422 Å². The zero-order chi connectivity index (χ0) is 52.8. The molecule has 1 aromatic heterocycles. The van der Waals surface area contributed by atoms with Crippen molar-refractivity contribution < 1.29 is 75.9 Å². The van der Waals surface area contributed by atoms with Crippen LogP contribution in [0, 0.1) is 0 Å². The highest BCUT2D eigenvalue weighted by molar-refractivity contribution is 6.15. The van der Waals surface area contributed by atoms with E-state index in [1.54, 1.807) is 29.2 Å². The molecule has 0 unspecified atom stereocenters. The predicted molar refractivity (Wildman–Crippen MR) is 281 cm³/mol. The van der Waals surface area contributed by atoms with Gasteiger partial charge in [0.2, 0.25) is 34.5 Å². The highest BCUT2D eigenvalue weighted by Gasteiger charge is 2.39. The molecular weight excluding hydrogens is 963 g/mol. The summed E-state index contributed by atoms with van der Waals surface area (Å²) in [7, 11) is 0. The van der Waals surface area contributed by atoms with E-state index in [0.717, 1.165) is 44.2 Å². The van der Waals surface area contributed by atoms with E-state index in [0.29, 0.717) is 16.9 Å². The smallest absolute Gasteiger partial charge is 0.205 e. The maximum atomic E-state index is 11.6. The normalized spacial score (nSPS) is 12.7. The van der Waals surface area contributed by atoms with Crippen LogP contribution in [0.4, 0.5) is 17.1 Å². The number of benzene rings is 10. The first kappa shape index (κ1) is 45.6. The first-order valence-electron chi connectivity index (χ1n) is 23.1. The summed E-state index contributed by atoms with van der Waals surface area (Å²) in [5.41, 5.74) is 6.59. The van der Waals surface area contributed by atoms with Crippen LogP contribution in [0.2, 0.25) is 0 Å². The van der Waals surface area contributed by atoms with Crippen LogP contribution in [-0.2, 0) is 5.41 Å². The van der Waals surface area contributed by atoms with Crippen molar-refractivity contribution in [2.75, 3.05) is 4.90 Å². The van der Waals surface area contributed by atoms with Gasteiger partial charge in [-0.15, -0.1) is 0 Å². The number of fused-ring (bicyclic) bond motifs is 8. The summed E-state index contributed by atoms with van der Waals surface area (Å²) in [5.74, 6) is -15.6. The van der Waals surface area contributed by atoms with Gasteiger partial charge in [0.25, 0.3) is 0 Å². The van der Waals surface area contributed by atoms with Crippen molar-refractivity contribution >= 4 is 60.5 Å². The van der Waals surface area contributed by atoms with Gasteiger partial charge in [-0.05, 0) is 99.1 Å². The second-order valence-electron chi connectivity index (χ2n) is 19.0. The molecule has 1 aliphatic carbocycles. The molecule has 0 amide bonds. The molecule has 0 radical (unpaired) electrons. The molecule has 0 bridgehead atoms. The number of hydrogen-bond acceptors (Lipinski definition) is 16. The number of phenols is 14. The lowest BCUT2D eigenvalue weighted by Crippen LogP contribution is -2.17. The van der Waals surface area contributed by atoms with Crippen LogP contribution in [0.15, 0.2) is 132 Å². The maximum absolute atomic E-state index is 11.6. The topological polar surface area (TPSA) is 300 Å². The lowest BCUT2D eigenvalue weighted by Gasteiger charge is -2.30. The van der Waals surface area contributed by atoms with Crippen molar-refractivity contribution in [2.24, 2.45) is 0 Å². The number of furan rings is 1. The molecule has 0 aliphatic heterocycles. The number of aromatic hydroxyl groups is 14. The molecule has 0 fully saturated rings. The van der Waals surface area contributed by atoms with Gasteiger partial charge in [-0.1, -0.05) is 86.6 Å². The van der Waals surface area contributed by atoms with Crippen LogP contribution < -0.4 is 4.90 Å². The lowest BCUT2D eigenvalue weighted by molar-refractivity contribution is 0.347. The van der Waals surface area contributed by atoms with Crippen molar-refractivity contribution in [3.05, 3.63) is 139 Å².